The maximum absolute atomic E-state index is 14.0. The van der Waals surface area contributed by atoms with E-state index in [-0.39, 0.29) is 11.6 Å². The Balaban J connectivity index is 1.48. The minimum atomic E-state index is -0.297. The van der Waals surface area contributed by atoms with Crippen LogP contribution in [0, 0.1) is 11.6 Å². The molecule has 0 aliphatic carbocycles. The molecule has 4 N–H and O–H groups in total. The third-order valence-electron chi connectivity index (χ3n) is 6.63. The number of aromatic nitrogens is 2. The predicted molar refractivity (Wildman–Crippen MR) is 124 cm³/mol. The lowest BCUT2D eigenvalue weighted by Crippen LogP contribution is -2.41. The Kier molecular flexibility index (Phi) is 4.55. The molecule has 6 rings (SSSR count). The van der Waals surface area contributed by atoms with Crippen LogP contribution in [0.5, 0.6) is 5.75 Å². The molecule has 1 saturated heterocycles. The number of hydrogen-bond donors (Lipinski definition) is 3. The van der Waals surface area contributed by atoms with Crippen LogP contribution < -0.4 is 10.5 Å². The zero-order valence-corrected chi connectivity index (χ0v) is 17.6. The minimum Gasteiger partial charge on any atom is -0.488 e. The molecule has 32 heavy (non-hydrogen) atoms. The molecule has 1 aliphatic heterocycles. The molecule has 1 fully saturated rings. The first kappa shape index (κ1) is 19.5. The van der Waals surface area contributed by atoms with Gasteiger partial charge in [0.15, 0.2) is 5.75 Å². The van der Waals surface area contributed by atoms with Gasteiger partial charge in [-0.1, -0.05) is 0 Å². The minimum absolute atomic E-state index is 0.291. The molecule has 0 atom stereocenters. The number of nitrogens with zero attached hydrogens (tertiary/aromatic N) is 1. The van der Waals surface area contributed by atoms with Gasteiger partial charge in [-0.15, -0.1) is 0 Å². The van der Waals surface area contributed by atoms with Crippen molar-refractivity contribution < 1.29 is 13.5 Å². The molecule has 7 heteroatoms. The third kappa shape index (κ3) is 3.20. The highest BCUT2D eigenvalue weighted by Crippen LogP contribution is 2.41. The van der Waals surface area contributed by atoms with Crippen molar-refractivity contribution in [1.29, 1.82) is 0 Å². The van der Waals surface area contributed by atoms with Gasteiger partial charge in [0.2, 0.25) is 0 Å². The molecule has 0 unspecified atom stereocenters. The van der Waals surface area contributed by atoms with Gasteiger partial charge in [-0.25, -0.2) is 8.78 Å². The largest absolute Gasteiger partial charge is 0.488 e. The number of rotatable bonds is 4. The fourth-order valence-electron chi connectivity index (χ4n) is 4.89. The number of aromatic amines is 2. The molecule has 0 saturated carbocycles. The van der Waals surface area contributed by atoms with Gasteiger partial charge in [0.25, 0.3) is 0 Å². The van der Waals surface area contributed by atoms with Crippen LogP contribution in [0.25, 0.3) is 43.6 Å². The average Bonchev–Trinajstić information content (AvgIpc) is 3.32. The van der Waals surface area contributed by atoms with Gasteiger partial charge in [0.05, 0.1) is 11.0 Å². The van der Waals surface area contributed by atoms with Crippen molar-refractivity contribution in [3.63, 3.8) is 0 Å². The lowest BCUT2D eigenvalue weighted by Gasteiger charge is -2.29. The molecule has 164 valence electrons. The zero-order chi connectivity index (χ0) is 21.8. The second-order valence-corrected chi connectivity index (χ2v) is 8.71. The first-order valence-electron chi connectivity index (χ1n) is 11.0. The van der Waals surface area contributed by atoms with E-state index in [4.69, 9.17) is 10.5 Å². The zero-order valence-electron chi connectivity index (χ0n) is 17.6. The summed E-state index contributed by atoms with van der Waals surface area (Å²) in [7, 11) is 0. The Morgan fingerprint density at radius 3 is 1.97 bits per heavy atom. The van der Waals surface area contributed by atoms with Crippen molar-refractivity contribution in [1.82, 2.24) is 14.9 Å². The molecular weight excluding hydrogens is 410 g/mol. The van der Waals surface area contributed by atoms with Crippen LogP contribution >= 0.6 is 0 Å². The standard InChI is InChI=1S/C25H24F2N4O/c26-14-1-3-21-17(11-14)19-13-20-18-12-15(27)2-4-22(18)30-24(20)25(23(19)29-21)32-10-9-31-7-5-16(28)6-8-31/h1-4,11-13,16,29-30H,5-10,28H2. The van der Waals surface area contributed by atoms with Gasteiger partial charge in [-0.3, -0.25) is 4.90 Å². The van der Waals surface area contributed by atoms with Gasteiger partial charge in [-0.05, 0) is 68.4 Å². The summed E-state index contributed by atoms with van der Waals surface area (Å²) in [6.45, 7) is 3.26. The lowest BCUT2D eigenvalue weighted by atomic mass is 10.1. The molecule has 0 bridgehead atoms. The molecule has 0 radical (unpaired) electrons. The molecule has 5 aromatic rings. The molecule has 0 amide bonds. The second-order valence-electron chi connectivity index (χ2n) is 8.71. The van der Waals surface area contributed by atoms with Crippen molar-refractivity contribution in [3.8, 4) is 5.75 Å². The highest BCUT2D eigenvalue weighted by molar-refractivity contribution is 6.20. The maximum atomic E-state index is 14.0. The van der Waals surface area contributed by atoms with E-state index in [0.717, 1.165) is 76.1 Å². The van der Waals surface area contributed by atoms with E-state index >= 15 is 0 Å². The van der Waals surface area contributed by atoms with Gasteiger partial charge in [-0.2, -0.15) is 0 Å². The van der Waals surface area contributed by atoms with Crippen LogP contribution in [-0.4, -0.2) is 47.2 Å². The fraction of sp³-hybridized carbons (Fsp3) is 0.280. The molecule has 5 nitrogen and oxygen atoms in total. The smallest absolute Gasteiger partial charge is 0.167 e. The Morgan fingerprint density at radius 2 is 1.41 bits per heavy atom. The topological polar surface area (TPSA) is 70.1 Å². The van der Waals surface area contributed by atoms with Crippen LogP contribution in [0.4, 0.5) is 8.78 Å². The van der Waals surface area contributed by atoms with E-state index in [1.165, 1.54) is 24.3 Å². The Bertz CT molecular complexity index is 1370. The van der Waals surface area contributed by atoms with Crippen LogP contribution in [-0.2, 0) is 0 Å². The van der Waals surface area contributed by atoms with Crippen LogP contribution in [0.15, 0.2) is 42.5 Å². The van der Waals surface area contributed by atoms with Gasteiger partial charge in [0, 0.05) is 45.2 Å². The molecule has 0 spiro atoms. The van der Waals surface area contributed by atoms with E-state index in [9.17, 15) is 8.78 Å². The van der Waals surface area contributed by atoms with Gasteiger partial charge >= 0.3 is 0 Å². The van der Waals surface area contributed by atoms with E-state index < -0.39 is 0 Å². The number of likely N-dealkylation sites (tertiary alicyclic amines) is 1. The summed E-state index contributed by atoms with van der Waals surface area (Å²) in [5.41, 5.74) is 9.30. The summed E-state index contributed by atoms with van der Waals surface area (Å²) in [6.07, 6.45) is 2.00. The van der Waals surface area contributed by atoms with Crippen molar-refractivity contribution in [2.24, 2.45) is 5.73 Å². The van der Waals surface area contributed by atoms with Crippen molar-refractivity contribution in [2.75, 3.05) is 26.2 Å². The SMILES string of the molecule is NC1CCN(CCOc2c3[nH]c4ccc(F)cc4c3cc3c2[nH]c2ccc(F)cc23)CC1. The van der Waals surface area contributed by atoms with Crippen LogP contribution in [0.3, 0.4) is 0 Å². The first-order valence-corrected chi connectivity index (χ1v) is 11.0. The number of H-pyrrole nitrogens is 2. The number of fused-ring (bicyclic) bond motifs is 6. The van der Waals surface area contributed by atoms with Crippen LogP contribution in [0.1, 0.15) is 12.8 Å². The summed E-state index contributed by atoms with van der Waals surface area (Å²) in [6, 6.07) is 11.7. The maximum Gasteiger partial charge on any atom is 0.167 e. The number of ether oxygens (including phenoxy) is 1. The summed E-state index contributed by atoms with van der Waals surface area (Å²) in [5, 5.41) is 3.28. The molecule has 2 aromatic heterocycles. The Hall–Kier alpha value is -3.16. The van der Waals surface area contributed by atoms with Gasteiger partial charge < -0.3 is 20.4 Å². The molecular formula is C25H24F2N4O. The second kappa shape index (κ2) is 7.46. The number of nitrogens with two attached hydrogens (primary N) is 1. The number of nitrogens with one attached hydrogen (secondary N) is 2. The van der Waals surface area contributed by atoms with Crippen molar-refractivity contribution in [2.45, 2.75) is 18.9 Å². The fourth-order valence-corrected chi connectivity index (χ4v) is 4.89. The monoisotopic (exact) mass is 434 g/mol. The number of halogens is 2. The third-order valence-corrected chi connectivity index (χ3v) is 6.63. The summed E-state index contributed by atoms with van der Waals surface area (Å²) in [5.74, 6) is 0.0860. The lowest BCUT2D eigenvalue weighted by molar-refractivity contribution is 0.175. The number of piperidine rings is 1. The van der Waals surface area contributed by atoms with Crippen molar-refractivity contribution in [3.05, 3.63) is 54.1 Å². The van der Waals surface area contributed by atoms with Crippen LogP contribution in [0.2, 0.25) is 0 Å². The molecule has 1 aliphatic rings. The van der Waals surface area contributed by atoms with E-state index in [1.807, 2.05) is 6.07 Å². The summed E-state index contributed by atoms with van der Waals surface area (Å²) >= 11 is 0. The molecule has 3 aromatic carbocycles. The van der Waals surface area contributed by atoms with E-state index in [2.05, 4.69) is 14.9 Å². The highest BCUT2D eigenvalue weighted by atomic mass is 19.1. The van der Waals surface area contributed by atoms with E-state index in [0.29, 0.717) is 18.4 Å². The Labute approximate surface area is 183 Å². The highest BCUT2D eigenvalue weighted by Gasteiger charge is 2.20. The van der Waals surface area contributed by atoms with E-state index in [1.54, 1.807) is 12.1 Å². The quantitative estimate of drug-likeness (QED) is 0.371. The van der Waals surface area contributed by atoms with Gasteiger partial charge in [0.1, 0.15) is 18.2 Å². The summed E-state index contributed by atoms with van der Waals surface area (Å²) < 4.78 is 34.4. The number of hydrogen-bond acceptors (Lipinski definition) is 3. The first-order chi connectivity index (χ1) is 15.6. The molecule has 3 heterocycles. The average molecular weight is 434 g/mol. The number of benzene rings is 3. The summed E-state index contributed by atoms with van der Waals surface area (Å²) in [4.78, 5) is 9.16. The Morgan fingerprint density at radius 1 is 0.844 bits per heavy atom. The normalized spacial score (nSPS) is 16.1. The predicted octanol–water partition coefficient (Wildman–Crippen LogP) is 5.04. The van der Waals surface area contributed by atoms with Crippen molar-refractivity contribution >= 4 is 43.6 Å².